The van der Waals surface area contributed by atoms with E-state index < -0.39 is 6.04 Å². The summed E-state index contributed by atoms with van der Waals surface area (Å²) in [7, 11) is 3.20. The number of hydrogen-bond donors (Lipinski definition) is 4. The lowest BCUT2D eigenvalue weighted by atomic mass is 10.0. The Bertz CT molecular complexity index is 618. The summed E-state index contributed by atoms with van der Waals surface area (Å²) in [5.41, 5.74) is 12.0. The van der Waals surface area contributed by atoms with Crippen molar-refractivity contribution >= 4 is 17.7 Å². The van der Waals surface area contributed by atoms with Gasteiger partial charge in [0.05, 0.1) is 13.1 Å². The highest BCUT2D eigenvalue weighted by Gasteiger charge is 2.27. The monoisotopic (exact) mass is 334 g/mol. The average Bonchev–Trinajstić information content (AvgIpc) is 2.48. The second-order valence-electron chi connectivity index (χ2n) is 5.69. The first-order chi connectivity index (χ1) is 11.4. The highest BCUT2D eigenvalue weighted by molar-refractivity contribution is 5.85. The van der Waals surface area contributed by atoms with Gasteiger partial charge in [-0.3, -0.25) is 30.7 Å². The molecular formula is C15H22N6O3. The van der Waals surface area contributed by atoms with Crippen molar-refractivity contribution in [3.8, 4) is 0 Å². The van der Waals surface area contributed by atoms with Crippen LogP contribution in [0.1, 0.15) is 17.2 Å². The first-order valence-electron chi connectivity index (χ1n) is 7.49. The van der Waals surface area contributed by atoms with E-state index in [1.165, 1.54) is 10.0 Å². The lowest BCUT2D eigenvalue weighted by molar-refractivity contribution is -0.135. The van der Waals surface area contributed by atoms with Gasteiger partial charge in [-0.2, -0.15) is 0 Å². The van der Waals surface area contributed by atoms with E-state index >= 15 is 0 Å². The van der Waals surface area contributed by atoms with Crippen molar-refractivity contribution in [3.63, 3.8) is 0 Å². The number of rotatable bonds is 1. The second-order valence-corrected chi connectivity index (χ2v) is 5.69. The molecule has 3 amide bonds. The van der Waals surface area contributed by atoms with Gasteiger partial charge in [-0.05, 0) is 12.5 Å². The van der Waals surface area contributed by atoms with Crippen LogP contribution in [0.2, 0.25) is 0 Å². The molecule has 1 saturated heterocycles. The summed E-state index contributed by atoms with van der Waals surface area (Å²) in [4.78, 5) is 36.2. The first-order valence-corrected chi connectivity index (χ1v) is 7.49. The van der Waals surface area contributed by atoms with Crippen molar-refractivity contribution in [1.29, 1.82) is 0 Å². The Balaban J connectivity index is 2.25. The minimum atomic E-state index is -0.741. The number of hydrazine groups is 3. The van der Waals surface area contributed by atoms with Crippen LogP contribution in [0.5, 0.6) is 0 Å². The number of likely N-dealkylation sites (N-methyl/N-ethyl adjacent to an activating group) is 2. The SMILES string of the molecule is Cc1ccc(C2C(=O)NNCC(=O)NN(C)CC(=O)NN2C)cc1. The molecule has 9 nitrogen and oxygen atoms in total. The van der Waals surface area contributed by atoms with Gasteiger partial charge in [0.2, 0.25) is 11.8 Å². The molecule has 1 aliphatic rings. The van der Waals surface area contributed by atoms with Crippen molar-refractivity contribution in [2.45, 2.75) is 13.0 Å². The molecule has 1 atom stereocenters. The minimum Gasteiger partial charge on any atom is -0.289 e. The van der Waals surface area contributed by atoms with Crippen LogP contribution >= 0.6 is 0 Å². The number of aryl methyl sites for hydroxylation is 1. The topological polar surface area (TPSA) is 106 Å². The fourth-order valence-corrected chi connectivity index (χ4v) is 2.38. The molecule has 0 saturated carbocycles. The van der Waals surface area contributed by atoms with E-state index in [9.17, 15) is 14.4 Å². The number of carbonyl (C=O) groups excluding carboxylic acids is 3. The summed E-state index contributed by atoms with van der Waals surface area (Å²) in [6, 6.07) is 6.70. The number of amides is 3. The zero-order chi connectivity index (χ0) is 17.7. The summed E-state index contributed by atoms with van der Waals surface area (Å²) in [6.07, 6.45) is 0. The minimum absolute atomic E-state index is 0.0433. The first kappa shape index (κ1) is 17.9. The summed E-state index contributed by atoms with van der Waals surface area (Å²) < 4.78 is 0. The van der Waals surface area contributed by atoms with Crippen LogP contribution < -0.4 is 21.7 Å². The molecule has 130 valence electrons. The van der Waals surface area contributed by atoms with Crippen LogP contribution in [0, 0.1) is 6.92 Å². The summed E-state index contributed by atoms with van der Waals surface area (Å²) in [5.74, 6) is -1.10. The van der Waals surface area contributed by atoms with E-state index in [-0.39, 0.29) is 30.8 Å². The zero-order valence-electron chi connectivity index (χ0n) is 13.9. The fourth-order valence-electron chi connectivity index (χ4n) is 2.38. The molecule has 24 heavy (non-hydrogen) atoms. The van der Waals surface area contributed by atoms with E-state index in [1.807, 2.05) is 31.2 Å². The zero-order valence-corrected chi connectivity index (χ0v) is 13.9. The standard InChI is InChI=1S/C15H22N6O3/c1-10-4-6-11(7-5-10)14-15(24)17-16-8-12(22)18-20(2)9-13(23)19-21(14)3/h4-7,14,16H,8-9H2,1-3H3,(H,17,24)(H,18,22)(H,19,23). The largest absolute Gasteiger partial charge is 0.289 e. The normalized spacial score (nSPS) is 22.0. The molecule has 1 aliphatic heterocycles. The molecule has 4 N–H and O–H groups in total. The summed E-state index contributed by atoms with van der Waals surface area (Å²) in [5, 5.41) is 2.82. The number of nitrogens with zero attached hydrogens (tertiary/aromatic N) is 2. The van der Waals surface area contributed by atoms with Crippen molar-refractivity contribution < 1.29 is 14.4 Å². The highest BCUT2D eigenvalue weighted by Crippen LogP contribution is 2.18. The lowest BCUT2D eigenvalue weighted by Crippen LogP contribution is -2.56. The molecule has 0 bridgehead atoms. The summed E-state index contributed by atoms with van der Waals surface area (Å²) >= 11 is 0. The maximum Gasteiger partial charge on any atom is 0.257 e. The van der Waals surface area contributed by atoms with E-state index in [0.29, 0.717) is 0 Å². The van der Waals surface area contributed by atoms with E-state index in [4.69, 9.17) is 0 Å². The van der Waals surface area contributed by atoms with Crippen molar-refractivity contribution in [2.75, 3.05) is 27.2 Å². The molecule has 1 heterocycles. The van der Waals surface area contributed by atoms with E-state index in [0.717, 1.165) is 11.1 Å². The van der Waals surface area contributed by atoms with Gasteiger partial charge < -0.3 is 0 Å². The number of nitrogens with one attached hydrogen (secondary N) is 4. The Morgan fingerprint density at radius 3 is 2.33 bits per heavy atom. The third-order valence-electron chi connectivity index (χ3n) is 3.49. The summed E-state index contributed by atoms with van der Waals surface area (Å²) in [6.45, 7) is 1.80. The van der Waals surface area contributed by atoms with Crippen molar-refractivity contribution in [3.05, 3.63) is 35.4 Å². The highest BCUT2D eigenvalue weighted by atomic mass is 16.2. The van der Waals surface area contributed by atoms with Crippen LogP contribution in [-0.2, 0) is 14.4 Å². The Kier molecular flexibility index (Phi) is 5.85. The Morgan fingerprint density at radius 2 is 1.67 bits per heavy atom. The fraction of sp³-hybridized carbons (Fsp3) is 0.400. The molecule has 0 aliphatic carbocycles. The van der Waals surface area contributed by atoms with Crippen LogP contribution in [0.15, 0.2) is 24.3 Å². The quantitative estimate of drug-likeness (QED) is 0.503. The predicted molar refractivity (Wildman–Crippen MR) is 86.7 cm³/mol. The van der Waals surface area contributed by atoms with Crippen LogP contribution in [0.4, 0.5) is 0 Å². The van der Waals surface area contributed by atoms with E-state index in [2.05, 4.69) is 21.7 Å². The number of hydrogen-bond acceptors (Lipinski definition) is 6. The second kappa shape index (κ2) is 7.86. The van der Waals surface area contributed by atoms with Crippen LogP contribution in [-0.4, -0.2) is 54.9 Å². The van der Waals surface area contributed by atoms with Gasteiger partial charge in [0.1, 0.15) is 6.04 Å². The molecule has 2 rings (SSSR count). The van der Waals surface area contributed by atoms with Gasteiger partial charge in [-0.25, -0.2) is 15.4 Å². The van der Waals surface area contributed by atoms with Crippen molar-refractivity contribution in [2.24, 2.45) is 0 Å². The maximum atomic E-state index is 12.5. The molecule has 1 unspecified atom stereocenters. The Labute approximate surface area is 140 Å². The number of benzene rings is 1. The molecule has 1 aromatic carbocycles. The van der Waals surface area contributed by atoms with Gasteiger partial charge >= 0.3 is 0 Å². The predicted octanol–water partition coefficient (Wildman–Crippen LogP) is -1.40. The molecule has 1 fully saturated rings. The van der Waals surface area contributed by atoms with Crippen molar-refractivity contribution in [1.82, 2.24) is 31.7 Å². The van der Waals surface area contributed by atoms with Crippen LogP contribution in [0.25, 0.3) is 0 Å². The van der Waals surface area contributed by atoms with Gasteiger partial charge in [0.15, 0.2) is 0 Å². The number of carbonyl (C=O) groups is 3. The van der Waals surface area contributed by atoms with Gasteiger partial charge in [0, 0.05) is 14.1 Å². The third kappa shape index (κ3) is 4.75. The van der Waals surface area contributed by atoms with Gasteiger partial charge in [-0.15, -0.1) is 0 Å². The molecule has 1 aromatic rings. The Morgan fingerprint density at radius 1 is 1.00 bits per heavy atom. The lowest BCUT2D eigenvalue weighted by Gasteiger charge is -2.29. The average molecular weight is 334 g/mol. The van der Waals surface area contributed by atoms with E-state index in [1.54, 1.807) is 14.1 Å². The molecule has 0 spiro atoms. The maximum absolute atomic E-state index is 12.5. The molecule has 0 aromatic heterocycles. The Hall–Kier alpha value is -2.49. The third-order valence-corrected chi connectivity index (χ3v) is 3.49. The van der Waals surface area contributed by atoms with Crippen LogP contribution in [0.3, 0.4) is 0 Å². The molecular weight excluding hydrogens is 312 g/mol. The smallest absolute Gasteiger partial charge is 0.257 e. The molecule has 0 radical (unpaired) electrons. The van der Waals surface area contributed by atoms with Gasteiger partial charge in [-0.1, -0.05) is 29.8 Å². The molecule has 9 heteroatoms. The van der Waals surface area contributed by atoms with Gasteiger partial charge in [0.25, 0.3) is 5.91 Å².